The number of ether oxygens (including phenoxy) is 1. The first kappa shape index (κ1) is 16.1. The summed E-state index contributed by atoms with van der Waals surface area (Å²) in [6.45, 7) is 5.56. The summed E-state index contributed by atoms with van der Waals surface area (Å²) in [5.74, 6) is 0.906. The van der Waals surface area contributed by atoms with E-state index in [0.717, 1.165) is 25.7 Å². The van der Waals surface area contributed by atoms with Crippen LogP contribution in [0.1, 0.15) is 76.9 Å². The lowest BCUT2D eigenvalue weighted by molar-refractivity contribution is -0.119. The van der Waals surface area contributed by atoms with Crippen LogP contribution in [0.5, 0.6) is 0 Å². The smallest absolute Gasteiger partial charge is 0.237 e. The summed E-state index contributed by atoms with van der Waals surface area (Å²) >= 11 is 0. The van der Waals surface area contributed by atoms with Gasteiger partial charge in [-0.05, 0) is 25.7 Å². The molecule has 0 spiro atoms. The van der Waals surface area contributed by atoms with Gasteiger partial charge in [0.2, 0.25) is 11.7 Å². The van der Waals surface area contributed by atoms with Crippen molar-refractivity contribution in [3.8, 4) is 0 Å². The average molecular weight is 294 g/mol. The molecule has 1 heterocycles. The van der Waals surface area contributed by atoms with Gasteiger partial charge in [-0.15, -0.1) is 0 Å². The zero-order valence-corrected chi connectivity index (χ0v) is 13.5. The molecule has 1 atom stereocenters. The normalized spacial score (nSPS) is 20.2. The van der Waals surface area contributed by atoms with Gasteiger partial charge < -0.3 is 9.26 Å². The summed E-state index contributed by atoms with van der Waals surface area (Å²) < 4.78 is 11.2. The zero-order valence-electron chi connectivity index (χ0n) is 13.5. The van der Waals surface area contributed by atoms with E-state index in [9.17, 15) is 4.79 Å². The second-order valence-corrected chi connectivity index (χ2v) is 6.40. The quantitative estimate of drug-likeness (QED) is 0.776. The van der Waals surface area contributed by atoms with E-state index >= 15 is 0 Å². The van der Waals surface area contributed by atoms with Crippen molar-refractivity contribution in [3.05, 3.63) is 11.7 Å². The van der Waals surface area contributed by atoms with Crippen molar-refractivity contribution in [2.75, 3.05) is 7.11 Å². The molecule has 118 valence electrons. The van der Waals surface area contributed by atoms with Crippen LogP contribution in [0.3, 0.4) is 0 Å². The molecule has 2 rings (SSSR count). The summed E-state index contributed by atoms with van der Waals surface area (Å²) in [6.07, 6.45) is 6.48. The SMILES string of the molecule is COC1(c2noc(C(C(C)=O)C(C)C)n2)CCCCCC1. The van der Waals surface area contributed by atoms with Gasteiger partial charge in [-0.25, -0.2) is 0 Å². The van der Waals surface area contributed by atoms with Crippen LogP contribution >= 0.6 is 0 Å². The van der Waals surface area contributed by atoms with E-state index in [2.05, 4.69) is 10.1 Å². The van der Waals surface area contributed by atoms with Gasteiger partial charge in [-0.1, -0.05) is 44.7 Å². The monoisotopic (exact) mass is 294 g/mol. The van der Waals surface area contributed by atoms with E-state index in [1.54, 1.807) is 14.0 Å². The van der Waals surface area contributed by atoms with Gasteiger partial charge in [0.15, 0.2) is 0 Å². The Morgan fingerprint density at radius 1 is 1.24 bits per heavy atom. The summed E-state index contributed by atoms with van der Waals surface area (Å²) in [7, 11) is 1.71. The Bertz CT molecular complexity index is 474. The predicted octanol–water partition coefficient (Wildman–Crippen LogP) is 3.59. The highest BCUT2D eigenvalue weighted by Gasteiger charge is 2.39. The van der Waals surface area contributed by atoms with Crippen LogP contribution in [0.4, 0.5) is 0 Å². The fourth-order valence-corrected chi connectivity index (χ4v) is 3.29. The molecule has 1 aliphatic carbocycles. The largest absolute Gasteiger partial charge is 0.370 e. The molecular formula is C16H26N2O3. The Hall–Kier alpha value is -1.23. The third-order valence-electron chi connectivity index (χ3n) is 4.52. The van der Waals surface area contributed by atoms with Crippen LogP contribution in [0, 0.1) is 5.92 Å². The molecule has 0 saturated heterocycles. The van der Waals surface area contributed by atoms with E-state index in [1.807, 2.05) is 13.8 Å². The van der Waals surface area contributed by atoms with Crippen molar-refractivity contribution < 1.29 is 14.1 Å². The second kappa shape index (κ2) is 6.69. The maximum Gasteiger partial charge on any atom is 0.237 e. The number of ketones is 1. The number of aromatic nitrogens is 2. The van der Waals surface area contributed by atoms with E-state index in [0.29, 0.717) is 11.7 Å². The number of rotatable bonds is 5. The first-order valence-electron chi connectivity index (χ1n) is 7.90. The lowest BCUT2D eigenvalue weighted by atomic mass is 9.91. The molecular weight excluding hydrogens is 268 g/mol. The number of carbonyl (C=O) groups excluding carboxylic acids is 1. The summed E-state index contributed by atoms with van der Waals surface area (Å²) in [6, 6.07) is 0. The topological polar surface area (TPSA) is 65.2 Å². The second-order valence-electron chi connectivity index (χ2n) is 6.40. The Morgan fingerprint density at radius 3 is 2.33 bits per heavy atom. The molecule has 1 aromatic heterocycles. The van der Waals surface area contributed by atoms with Gasteiger partial charge in [0.1, 0.15) is 11.4 Å². The van der Waals surface area contributed by atoms with Crippen LogP contribution in [0.25, 0.3) is 0 Å². The van der Waals surface area contributed by atoms with Crippen molar-refractivity contribution in [1.29, 1.82) is 0 Å². The van der Waals surface area contributed by atoms with Gasteiger partial charge in [-0.3, -0.25) is 4.79 Å². The van der Waals surface area contributed by atoms with Crippen molar-refractivity contribution in [3.63, 3.8) is 0 Å². The van der Waals surface area contributed by atoms with E-state index in [4.69, 9.17) is 9.26 Å². The third-order valence-corrected chi connectivity index (χ3v) is 4.52. The fourth-order valence-electron chi connectivity index (χ4n) is 3.29. The van der Waals surface area contributed by atoms with Crippen LogP contribution in [-0.2, 0) is 15.1 Å². The van der Waals surface area contributed by atoms with Gasteiger partial charge >= 0.3 is 0 Å². The summed E-state index contributed by atoms with van der Waals surface area (Å²) in [4.78, 5) is 16.4. The maximum absolute atomic E-state index is 11.8. The van der Waals surface area contributed by atoms with Crippen LogP contribution < -0.4 is 0 Å². The van der Waals surface area contributed by atoms with Gasteiger partial charge in [0.05, 0.1) is 5.92 Å². The molecule has 0 aliphatic heterocycles. The highest BCUT2D eigenvalue weighted by molar-refractivity contribution is 5.82. The minimum Gasteiger partial charge on any atom is -0.370 e. The average Bonchev–Trinajstić information content (AvgIpc) is 2.76. The fraction of sp³-hybridized carbons (Fsp3) is 0.812. The number of methoxy groups -OCH3 is 1. The van der Waals surface area contributed by atoms with Gasteiger partial charge in [0.25, 0.3) is 0 Å². The lowest BCUT2D eigenvalue weighted by Crippen LogP contribution is -2.29. The summed E-state index contributed by atoms with van der Waals surface area (Å²) in [5.41, 5.74) is -0.448. The molecule has 0 radical (unpaired) electrons. The van der Waals surface area contributed by atoms with Crippen molar-refractivity contribution in [2.45, 2.75) is 70.8 Å². The minimum absolute atomic E-state index is 0.0625. The van der Waals surface area contributed by atoms with E-state index in [-0.39, 0.29) is 17.6 Å². The molecule has 1 aromatic rings. The molecule has 1 aliphatic rings. The predicted molar refractivity (Wildman–Crippen MR) is 78.9 cm³/mol. The molecule has 1 unspecified atom stereocenters. The molecule has 1 fully saturated rings. The number of Topliss-reactive ketones (excluding diaryl/α,β-unsaturated/α-hetero) is 1. The Labute approximate surface area is 126 Å². The van der Waals surface area contributed by atoms with Gasteiger partial charge in [0, 0.05) is 7.11 Å². The number of carbonyl (C=O) groups is 1. The highest BCUT2D eigenvalue weighted by Crippen LogP contribution is 2.38. The number of hydrogen-bond donors (Lipinski definition) is 0. The molecule has 1 saturated carbocycles. The Morgan fingerprint density at radius 2 is 1.86 bits per heavy atom. The number of hydrogen-bond acceptors (Lipinski definition) is 5. The van der Waals surface area contributed by atoms with Crippen molar-refractivity contribution >= 4 is 5.78 Å². The molecule has 0 bridgehead atoms. The third kappa shape index (κ3) is 3.34. The Kier molecular flexibility index (Phi) is 5.14. The molecule has 0 amide bonds. The Balaban J connectivity index is 2.30. The molecule has 0 aromatic carbocycles. The van der Waals surface area contributed by atoms with Crippen LogP contribution in [0.15, 0.2) is 4.52 Å². The first-order valence-corrected chi connectivity index (χ1v) is 7.90. The van der Waals surface area contributed by atoms with E-state index in [1.165, 1.54) is 12.8 Å². The molecule has 5 nitrogen and oxygen atoms in total. The minimum atomic E-state index is -0.448. The zero-order chi connectivity index (χ0) is 15.5. The highest BCUT2D eigenvalue weighted by atomic mass is 16.5. The van der Waals surface area contributed by atoms with Gasteiger partial charge in [-0.2, -0.15) is 4.98 Å². The van der Waals surface area contributed by atoms with Crippen LogP contribution in [-0.4, -0.2) is 23.0 Å². The molecule has 21 heavy (non-hydrogen) atoms. The first-order chi connectivity index (χ1) is 10.00. The maximum atomic E-state index is 11.8. The van der Waals surface area contributed by atoms with Crippen LogP contribution in [0.2, 0.25) is 0 Å². The summed E-state index contributed by atoms with van der Waals surface area (Å²) in [5, 5.41) is 4.15. The van der Waals surface area contributed by atoms with Crippen molar-refractivity contribution in [1.82, 2.24) is 10.1 Å². The number of nitrogens with zero attached hydrogens (tertiary/aromatic N) is 2. The lowest BCUT2D eigenvalue weighted by Gasteiger charge is -2.27. The van der Waals surface area contributed by atoms with E-state index < -0.39 is 5.60 Å². The molecule has 0 N–H and O–H groups in total. The standard InChI is InChI=1S/C16H26N2O3/c1-11(2)13(12(3)19)14-17-15(18-21-14)16(20-4)9-7-5-6-8-10-16/h11,13H,5-10H2,1-4H3. The molecule has 5 heteroatoms. The van der Waals surface area contributed by atoms with Crippen molar-refractivity contribution in [2.24, 2.45) is 5.92 Å².